The summed E-state index contributed by atoms with van der Waals surface area (Å²) < 4.78 is 11.7. The number of phenols is 1. The average Bonchev–Trinajstić information content (AvgIpc) is 2.93. The number of nitrogens with zero attached hydrogens (tertiary/aromatic N) is 1. The third-order valence-electron chi connectivity index (χ3n) is 5.60. The highest BCUT2D eigenvalue weighted by Gasteiger charge is 2.30. The summed E-state index contributed by atoms with van der Waals surface area (Å²) in [6.07, 6.45) is 1.60. The van der Waals surface area contributed by atoms with Crippen LogP contribution in [0.3, 0.4) is 0 Å². The van der Waals surface area contributed by atoms with Crippen LogP contribution in [-0.4, -0.2) is 12.2 Å². The second kappa shape index (κ2) is 7.19. The number of methoxy groups -OCH3 is 1. The predicted molar refractivity (Wildman–Crippen MR) is 118 cm³/mol. The highest BCUT2D eigenvalue weighted by Crippen LogP contribution is 2.42. The van der Waals surface area contributed by atoms with Gasteiger partial charge in [0.15, 0.2) is 5.43 Å². The quantitative estimate of drug-likeness (QED) is 0.502. The van der Waals surface area contributed by atoms with Crippen LogP contribution in [0.2, 0.25) is 0 Å². The Bertz CT molecular complexity index is 1470. The third-order valence-corrected chi connectivity index (χ3v) is 5.60. The van der Waals surface area contributed by atoms with Crippen molar-refractivity contribution in [3.05, 3.63) is 105 Å². The molecule has 1 heterocycles. The maximum atomic E-state index is 13.4. The Balaban J connectivity index is 1.93. The molecule has 1 aromatic heterocycles. The summed E-state index contributed by atoms with van der Waals surface area (Å²) in [6, 6.07) is 21.8. The zero-order valence-corrected chi connectivity index (χ0v) is 16.6. The summed E-state index contributed by atoms with van der Waals surface area (Å²) >= 11 is 0. The number of aromatic hydroxyl groups is 1. The molecular weight excluding hydrogens is 390 g/mol. The van der Waals surface area contributed by atoms with E-state index in [1.165, 1.54) is 18.2 Å². The number of allylic oxidation sites excluding steroid dienone is 1. The van der Waals surface area contributed by atoms with Crippen LogP contribution in [0.1, 0.15) is 33.9 Å². The first-order chi connectivity index (χ1) is 15.1. The zero-order valence-electron chi connectivity index (χ0n) is 16.6. The fourth-order valence-corrected chi connectivity index (χ4v) is 4.17. The van der Waals surface area contributed by atoms with Gasteiger partial charge in [0.1, 0.15) is 22.8 Å². The van der Waals surface area contributed by atoms with Crippen LogP contribution in [0.4, 0.5) is 0 Å². The molecule has 3 aromatic carbocycles. The van der Waals surface area contributed by atoms with Gasteiger partial charge in [-0.1, -0.05) is 36.4 Å². The molecule has 0 aliphatic heterocycles. The molecule has 0 saturated heterocycles. The summed E-state index contributed by atoms with van der Waals surface area (Å²) in [6.45, 7) is 0. The molecular formula is C26H17NO4. The number of hydrogen-bond donors (Lipinski definition) is 1. The summed E-state index contributed by atoms with van der Waals surface area (Å²) in [5.74, 6) is 0.669. The van der Waals surface area contributed by atoms with Gasteiger partial charge in [-0.25, -0.2) is 0 Å². The highest BCUT2D eigenvalue weighted by molar-refractivity contribution is 5.94. The Morgan fingerprint density at radius 2 is 1.90 bits per heavy atom. The molecule has 0 saturated carbocycles. The molecule has 0 amide bonds. The minimum atomic E-state index is -0.442. The van der Waals surface area contributed by atoms with Crippen LogP contribution in [0.25, 0.3) is 22.6 Å². The molecule has 5 rings (SSSR count). The van der Waals surface area contributed by atoms with Crippen molar-refractivity contribution in [1.82, 2.24) is 0 Å². The van der Waals surface area contributed by atoms with E-state index in [0.29, 0.717) is 33.6 Å². The van der Waals surface area contributed by atoms with Gasteiger partial charge < -0.3 is 14.3 Å². The van der Waals surface area contributed by atoms with Crippen molar-refractivity contribution >= 4 is 22.6 Å². The molecule has 5 heteroatoms. The van der Waals surface area contributed by atoms with E-state index in [9.17, 15) is 15.2 Å². The minimum absolute atomic E-state index is 0.0100. The number of rotatable bonds is 2. The first-order valence-electron chi connectivity index (χ1n) is 9.75. The van der Waals surface area contributed by atoms with Crippen LogP contribution in [-0.2, 0) is 0 Å². The van der Waals surface area contributed by atoms with Gasteiger partial charge in [0.25, 0.3) is 0 Å². The molecule has 1 unspecified atom stereocenters. The van der Waals surface area contributed by atoms with E-state index < -0.39 is 5.92 Å². The number of phenolic OH excluding ortho intramolecular Hbond substituents is 1. The van der Waals surface area contributed by atoms with Gasteiger partial charge in [-0.2, -0.15) is 5.26 Å². The van der Waals surface area contributed by atoms with Crippen molar-refractivity contribution in [1.29, 1.82) is 5.26 Å². The van der Waals surface area contributed by atoms with Crippen molar-refractivity contribution in [3.8, 4) is 17.6 Å². The van der Waals surface area contributed by atoms with E-state index in [1.807, 2.05) is 48.5 Å². The summed E-state index contributed by atoms with van der Waals surface area (Å²) in [4.78, 5) is 13.4. The molecule has 4 aromatic rings. The van der Waals surface area contributed by atoms with Crippen molar-refractivity contribution in [2.24, 2.45) is 0 Å². The number of hydrogen-bond acceptors (Lipinski definition) is 5. The second-order valence-electron chi connectivity index (χ2n) is 7.36. The minimum Gasteiger partial charge on any atom is -0.508 e. The largest absolute Gasteiger partial charge is 0.508 e. The van der Waals surface area contributed by atoms with E-state index >= 15 is 0 Å². The lowest BCUT2D eigenvalue weighted by molar-refractivity contribution is 0.414. The Morgan fingerprint density at radius 1 is 1.06 bits per heavy atom. The number of fused-ring (bicyclic) bond motifs is 3. The van der Waals surface area contributed by atoms with E-state index in [1.54, 1.807) is 13.2 Å². The maximum absolute atomic E-state index is 13.4. The Morgan fingerprint density at radius 3 is 2.71 bits per heavy atom. The lowest BCUT2D eigenvalue weighted by atomic mass is 9.85. The molecule has 1 aliphatic carbocycles. The topological polar surface area (TPSA) is 83.5 Å². The number of benzene rings is 3. The van der Waals surface area contributed by atoms with Crippen molar-refractivity contribution in [3.63, 3.8) is 0 Å². The summed E-state index contributed by atoms with van der Waals surface area (Å²) in [7, 11) is 1.60. The van der Waals surface area contributed by atoms with Crippen LogP contribution in [0.15, 0.2) is 75.9 Å². The van der Waals surface area contributed by atoms with Gasteiger partial charge in [-0.15, -0.1) is 0 Å². The third kappa shape index (κ3) is 2.97. The van der Waals surface area contributed by atoms with E-state index in [-0.39, 0.29) is 11.2 Å². The second-order valence-corrected chi connectivity index (χ2v) is 7.36. The molecule has 31 heavy (non-hydrogen) atoms. The van der Waals surface area contributed by atoms with Crippen LogP contribution < -0.4 is 10.2 Å². The zero-order chi connectivity index (χ0) is 21.5. The van der Waals surface area contributed by atoms with E-state index in [4.69, 9.17) is 9.15 Å². The normalized spacial score (nSPS) is 14.7. The van der Waals surface area contributed by atoms with Gasteiger partial charge in [0.05, 0.1) is 35.6 Å². The maximum Gasteiger partial charge on any atom is 0.200 e. The Hall–Kier alpha value is -4.30. The van der Waals surface area contributed by atoms with Gasteiger partial charge in [-0.05, 0) is 47.0 Å². The number of ether oxygens (including phenoxy) is 1. The smallest absolute Gasteiger partial charge is 0.200 e. The molecule has 0 bridgehead atoms. The molecule has 150 valence electrons. The average molecular weight is 407 g/mol. The van der Waals surface area contributed by atoms with Gasteiger partial charge in [0.2, 0.25) is 0 Å². The first-order valence-corrected chi connectivity index (χ1v) is 9.75. The molecule has 1 aliphatic rings. The van der Waals surface area contributed by atoms with Crippen LogP contribution in [0.5, 0.6) is 11.5 Å². The Kier molecular flexibility index (Phi) is 4.34. The molecule has 1 N–H and O–H groups in total. The SMILES string of the molecule is COc1cccc(C2c3ccccc3C(C#N)=Cc3c2oc2cc(O)ccc2c3=O)c1. The molecule has 5 nitrogen and oxygen atoms in total. The van der Waals surface area contributed by atoms with Crippen molar-refractivity contribution in [2.75, 3.05) is 7.11 Å². The standard InChI is InChI=1S/C26H17NO4/c1-30-18-6-4-5-15(11-18)24-20-8-3-2-7-19(20)16(14-27)12-22-25(29)21-10-9-17(28)13-23(21)31-26(22)24/h2-13,24,28H,1H3. The van der Waals surface area contributed by atoms with Crippen LogP contribution in [0, 0.1) is 11.3 Å². The fourth-order valence-electron chi connectivity index (χ4n) is 4.17. The first kappa shape index (κ1) is 18.7. The monoisotopic (exact) mass is 407 g/mol. The van der Waals surface area contributed by atoms with Gasteiger partial charge in [0, 0.05) is 6.07 Å². The fraction of sp³-hybridized carbons (Fsp3) is 0.0769. The molecule has 0 spiro atoms. The molecule has 0 fully saturated rings. The predicted octanol–water partition coefficient (Wildman–Crippen LogP) is 5.06. The Labute approximate surface area is 178 Å². The van der Waals surface area contributed by atoms with Crippen LogP contribution >= 0.6 is 0 Å². The highest BCUT2D eigenvalue weighted by atomic mass is 16.5. The lowest BCUT2D eigenvalue weighted by Gasteiger charge is -2.20. The van der Waals surface area contributed by atoms with Crippen molar-refractivity contribution < 1.29 is 14.3 Å². The number of nitriles is 1. The summed E-state index contributed by atoms with van der Waals surface area (Å²) in [5.41, 5.74) is 3.24. The van der Waals surface area contributed by atoms with Gasteiger partial charge >= 0.3 is 0 Å². The van der Waals surface area contributed by atoms with E-state index in [0.717, 1.165) is 16.7 Å². The summed E-state index contributed by atoms with van der Waals surface area (Å²) in [5, 5.41) is 20.1. The van der Waals surface area contributed by atoms with E-state index in [2.05, 4.69) is 6.07 Å². The molecule has 1 atom stereocenters. The lowest BCUT2D eigenvalue weighted by Crippen LogP contribution is -2.13. The molecule has 0 radical (unpaired) electrons. The van der Waals surface area contributed by atoms with Gasteiger partial charge in [-0.3, -0.25) is 4.79 Å². The van der Waals surface area contributed by atoms with Crippen molar-refractivity contribution in [2.45, 2.75) is 5.92 Å².